The molecular formula is C14H21N3. The van der Waals surface area contributed by atoms with Gasteiger partial charge in [-0.05, 0) is 25.3 Å². The summed E-state index contributed by atoms with van der Waals surface area (Å²) in [5, 5.41) is 9.96. The lowest BCUT2D eigenvalue weighted by Crippen LogP contribution is -2.30. The molecule has 92 valence electrons. The van der Waals surface area contributed by atoms with Crippen LogP contribution in [0.15, 0.2) is 12.2 Å². The molecular weight excluding hydrogens is 210 g/mol. The number of aromatic nitrogens is 2. The fraction of sp³-hybridized carbons (Fsp3) is 0.500. The number of hydrogen-bond acceptors (Lipinski definition) is 2. The van der Waals surface area contributed by atoms with Crippen LogP contribution in [0.4, 0.5) is 5.82 Å². The quantitative estimate of drug-likeness (QED) is 0.852. The molecule has 0 aliphatic heterocycles. The third-order valence-electron chi connectivity index (χ3n) is 3.10. The van der Waals surface area contributed by atoms with Crippen molar-refractivity contribution in [3.8, 4) is 0 Å². The summed E-state index contributed by atoms with van der Waals surface area (Å²) in [6, 6.07) is 0. The molecule has 1 aromatic rings. The number of nitrogens with one attached hydrogen (secondary N) is 1. The van der Waals surface area contributed by atoms with Crippen LogP contribution in [0.3, 0.4) is 0 Å². The molecule has 0 saturated carbocycles. The molecule has 0 unspecified atom stereocenters. The van der Waals surface area contributed by atoms with Gasteiger partial charge < -0.3 is 4.90 Å². The van der Waals surface area contributed by atoms with Gasteiger partial charge >= 0.3 is 0 Å². The lowest BCUT2D eigenvalue weighted by Gasteiger charge is -2.15. The molecule has 1 heterocycles. The van der Waals surface area contributed by atoms with Crippen LogP contribution in [0.1, 0.15) is 32.6 Å². The zero-order valence-corrected chi connectivity index (χ0v) is 10.7. The Hall–Kier alpha value is -1.51. The van der Waals surface area contributed by atoms with Crippen LogP contribution in [0.2, 0.25) is 0 Å². The van der Waals surface area contributed by atoms with Crippen LogP contribution in [0.25, 0.3) is 12.2 Å². The number of fused-ring (bicyclic) bond motifs is 1. The highest BCUT2D eigenvalue weighted by atomic mass is 15.3. The van der Waals surface area contributed by atoms with Crippen LogP contribution in [-0.2, 0) is 0 Å². The Balaban J connectivity index is 2.35. The highest BCUT2D eigenvalue weighted by Gasteiger charge is 2.06. The molecule has 0 bridgehead atoms. The molecule has 3 nitrogen and oxygen atoms in total. The second kappa shape index (κ2) is 5.71. The van der Waals surface area contributed by atoms with E-state index in [1.807, 2.05) is 0 Å². The van der Waals surface area contributed by atoms with Gasteiger partial charge in [-0.15, -0.1) is 0 Å². The Kier molecular flexibility index (Phi) is 4.02. The standard InChI is InChI=1S/C14H21N3/c1-3-4-11-17(2)14-12-9-7-5-6-8-10-13(12)15-16-14/h5,7,9-10,15H,3-4,6,8,11H2,1-2H3/b7-5+,12-9+,13-10+. The molecule has 0 spiro atoms. The lowest BCUT2D eigenvalue weighted by atomic mass is 10.2. The Morgan fingerprint density at radius 3 is 3.12 bits per heavy atom. The fourth-order valence-electron chi connectivity index (χ4n) is 2.05. The first-order valence-electron chi connectivity index (χ1n) is 6.45. The summed E-state index contributed by atoms with van der Waals surface area (Å²) in [4.78, 5) is 2.23. The topological polar surface area (TPSA) is 31.9 Å². The molecule has 17 heavy (non-hydrogen) atoms. The Morgan fingerprint density at radius 1 is 1.41 bits per heavy atom. The average molecular weight is 231 g/mol. The highest BCUT2D eigenvalue weighted by Crippen LogP contribution is 2.02. The van der Waals surface area contributed by atoms with Crippen LogP contribution >= 0.6 is 0 Å². The second-order valence-electron chi connectivity index (χ2n) is 4.53. The van der Waals surface area contributed by atoms with Crippen molar-refractivity contribution < 1.29 is 0 Å². The molecule has 2 rings (SSSR count). The summed E-state index contributed by atoms with van der Waals surface area (Å²) in [5.41, 5.74) is 0. The normalized spacial score (nSPS) is 20.1. The van der Waals surface area contributed by atoms with Gasteiger partial charge in [0.2, 0.25) is 0 Å². The molecule has 0 amide bonds. The van der Waals surface area contributed by atoms with Crippen LogP contribution in [0.5, 0.6) is 0 Å². The van der Waals surface area contributed by atoms with Crippen molar-refractivity contribution in [2.75, 3.05) is 18.5 Å². The Morgan fingerprint density at radius 2 is 2.29 bits per heavy atom. The molecule has 1 aliphatic carbocycles. The summed E-state index contributed by atoms with van der Waals surface area (Å²) >= 11 is 0. The smallest absolute Gasteiger partial charge is 0.158 e. The molecule has 1 N–H and O–H groups in total. The zero-order valence-electron chi connectivity index (χ0n) is 10.7. The number of unbranched alkanes of at least 4 members (excludes halogenated alkanes) is 1. The maximum Gasteiger partial charge on any atom is 0.158 e. The average Bonchev–Trinajstić information content (AvgIpc) is 2.68. The number of H-pyrrole nitrogens is 1. The van der Waals surface area contributed by atoms with Gasteiger partial charge in [0.25, 0.3) is 0 Å². The van der Waals surface area contributed by atoms with Crippen molar-refractivity contribution in [2.45, 2.75) is 32.6 Å². The van der Waals surface area contributed by atoms with Crippen molar-refractivity contribution in [3.05, 3.63) is 22.7 Å². The van der Waals surface area contributed by atoms with E-state index in [1.165, 1.54) is 18.1 Å². The van der Waals surface area contributed by atoms with Crippen molar-refractivity contribution in [1.29, 1.82) is 0 Å². The minimum Gasteiger partial charge on any atom is -0.358 e. The van der Waals surface area contributed by atoms with Crippen molar-refractivity contribution in [1.82, 2.24) is 10.2 Å². The van der Waals surface area contributed by atoms with Gasteiger partial charge in [-0.1, -0.05) is 31.6 Å². The predicted molar refractivity (Wildman–Crippen MR) is 73.3 cm³/mol. The van der Waals surface area contributed by atoms with Gasteiger partial charge in [0.1, 0.15) is 0 Å². The fourth-order valence-corrected chi connectivity index (χ4v) is 2.05. The highest BCUT2D eigenvalue weighted by molar-refractivity contribution is 5.51. The van der Waals surface area contributed by atoms with E-state index in [9.17, 15) is 0 Å². The Labute approximate surface area is 103 Å². The zero-order chi connectivity index (χ0) is 12.1. The molecule has 3 heteroatoms. The molecule has 0 fully saturated rings. The van der Waals surface area contributed by atoms with E-state index in [-0.39, 0.29) is 0 Å². The molecule has 0 atom stereocenters. The summed E-state index contributed by atoms with van der Waals surface area (Å²) in [7, 11) is 2.11. The number of anilines is 1. The van der Waals surface area contributed by atoms with Gasteiger partial charge in [-0.25, -0.2) is 0 Å². The Bertz CT molecular complexity index is 496. The first-order chi connectivity index (χ1) is 8.33. The van der Waals surface area contributed by atoms with E-state index in [0.717, 1.165) is 30.6 Å². The number of nitrogens with zero attached hydrogens (tertiary/aromatic N) is 2. The van der Waals surface area contributed by atoms with E-state index in [0.29, 0.717) is 0 Å². The number of rotatable bonds is 4. The molecule has 0 aromatic carbocycles. The van der Waals surface area contributed by atoms with E-state index in [1.54, 1.807) is 0 Å². The summed E-state index contributed by atoms with van der Waals surface area (Å²) in [5.74, 6) is 1.07. The third-order valence-corrected chi connectivity index (χ3v) is 3.10. The first-order valence-corrected chi connectivity index (χ1v) is 6.45. The SMILES string of the molecule is CCCCN(C)c1n[nH]c2/c1=C\C=C\CC\C=2. The largest absolute Gasteiger partial charge is 0.358 e. The summed E-state index contributed by atoms with van der Waals surface area (Å²) < 4.78 is 0. The molecule has 1 aliphatic rings. The monoisotopic (exact) mass is 231 g/mol. The van der Waals surface area contributed by atoms with Gasteiger partial charge in [0.05, 0.1) is 5.35 Å². The van der Waals surface area contributed by atoms with Crippen LogP contribution in [-0.4, -0.2) is 23.8 Å². The summed E-state index contributed by atoms with van der Waals surface area (Å²) in [6.45, 7) is 3.27. The van der Waals surface area contributed by atoms with E-state index < -0.39 is 0 Å². The van der Waals surface area contributed by atoms with E-state index >= 15 is 0 Å². The predicted octanol–water partition coefficient (Wildman–Crippen LogP) is 1.56. The number of allylic oxidation sites excluding steroid dienone is 2. The second-order valence-corrected chi connectivity index (χ2v) is 4.53. The number of hydrogen-bond donors (Lipinski definition) is 1. The molecule has 0 saturated heterocycles. The maximum absolute atomic E-state index is 4.44. The molecule has 1 aromatic heterocycles. The maximum atomic E-state index is 4.44. The van der Waals surface area contributed by atoms with Gasteiger partial charge in [0, 0.05) is 18.8 Å². The minimum absolute atomic E-state index is 1.06. The van der Waals surface area contributed by atoms with Crippen molar-refractivity contribution >= 4 is 18.0 Å². The summed E-state index contributed by atoms with van der Waals surface area (Å²) in [6.07, 6.45) is 13.4. The van der Waals surface area contributed by atoms with E-state index in [2.05, 4.69) is 53.4 Å². The minimum atomic E-state index is 1.06. The first kappa shape index (κ1) is 12.0. The number of aromatic amines is 1. The van der Waals surface area contributed by atoms with Gasteiger partial charge in [0.15, 0.2) is 5.82 Å². The third kappa shape index (κ3) is 2.78. The van der Waals surface area contributed by atoms with Crippen LogP contribution in [0, 0.1) is 0 Å². The van der Waals surface area contributed by atoms with Gasteiger partial charge in [-0.3, -0.25) is 5.10 Å². The van der Waals surface area contributed by atoms with Crippen molar-refractivity contribution in [3.63, 3.8) is 0 Å². The molecule has 0 radical (unpaired) electrons. The van der Waals surface area contributed by atoms with Crippen LogP contribution < -0.4 is 15.5 Å². The van der Waals surface area contributed by atoms with Crippen molar-refractivity contribution in [2.24, 2.45) is 0 Å². The van der Waals surface area contributed by atoms with E-state index in [4.69, 9.17) is 0 Å². The van der Waals surface area contributed by atoms with Gasteiger partial charge in [-0.2, -0.15) is 5.10 Å². The lowest BCUT2D eigenvalue weighted by molar-refractivity contribution is 0.756.